The van der Waals surface area contributed by atoms with Crippen LogP contribution in [0.4, 0.5) is 0 Å². The highest BCUT2D eigenvalue weighted by molar-refractivity contribution is 7.88. The van der Waals surface area contributed by atoms with Crippen LogP contribution in [0.25, 0.3) is 0 Å². The van der Waals surface area contributed by atoms with E-state index in [-0.39, 0.29) is 11.8 Å². The average Bonchev–Trinajstić information content (AvgIpc) is 2.23. The average molecular weight is 286 g/mol. The maximum absolute atomic E-state index is 11.2. The molecule has 1 unspecified atom stereocenters. The quantitative estimate of drug-likeness (QED) is 0.738. The Labute approximate surface area is 115 Å². The van der Waals surface area contributed by atoms with Crippen LogP contribution in [-0.4, -0.2) is 31.9 Å². The number of nitrogens with one attached hydrogen (secondary N) is 2. The third kappa shape index (κ3) is 5.59. The van der Waals surface area contributed by atoms with Crippen molar-refractivity contribution in [2.75, 3.05) is 12.8 Å². The van der Waals surface area contributed by atoms with Gasteiger partial charge in [-0.2, -0.15) is 0 Å². The van der Waals surface area contributed by atoms with Gasteiger partial charge in [0.15, 0.2) is 0 Å². The number of phenols is 1. The Morgan fingerprint density at radius 1 is 1.32 bits per heavy atom. The molecule has 0 aromatic heterocycles. The second-order valence-electron chi connectivity index (χ2n) is 5.42. The molecule has 0 fully saturated rings. The third-order valence-electron chi connectivity index (χ3n) is 2.72. The zero-order chi connectivity index (χ0) is 14.7. The molecule has 6 heteroatoms. The van der Waals surface area contributed by atoms with E-state index in [1.54, 1.807) is 26.0 Å². The Balaban J connectivity index is 2.64. The molecular formula is C13H22N2O3S. The summed E-state index contributed by atoms with van der Waals surface area (Å²) in [5.74, 6) is 0.233. The maximum Gasteiger partial charge on any atom is 0.209 e. The number of hydrogen-bond donors (Lipinski definition) is 3. The summed E-state index contributed by atoms with van der Waals surface area (Å²) in [5, 5.41) is 13.0. The van der Waals surface area contributed by atoms with E-state index in [9.17, 15) is 13.5 Å². The summed E-state index contributed by atoms with van der Waals surface area (Å²) >= 11 is 0. The van der Waals surface area contributed by atoms with E-state index in [0.29, 0.717) is 6.54 Å². The predicted molar refractivity (Wildman–Crippen MR) is 76.6 cm³/mol. The van der Waals surface area contributed by atoms with E-state index in [4.69, 9.17) is 0 Å². The van der Waals surface area contributed by atoms with Gasteiger partial charge >= 0.3 is 0 Å². The van der Waals surface area contributed by atoms with Gasteiger partial charge in [-0.1, -0.05) is 18.2 Å². The molecular weight excluding hydrogens is 264 g/mol. The molecule has 1 aromatic carbocycles. The van der Waals surface area contributed by atoms with E-state index in [0.717, 1.165) is 11.8 Å². The molecule has 1 rings (SSSR count). The summed E-state index contributed by atoms with van der Waals surface area (Å²) in [4.78, 5) is 0. The Hall–Kier alpha value is -1.11. The van der Waals surface area contributed by atoms with Crippen molar-refractivity contribution in [3.8, 4) is 5.75 Å². The summed E-state index contributed by atoms with van der Waals surface area (Å²) in [5.41, 5.74) is 0.198. The van der Waals surface area contributed by atoms with E-state index in [2.05, 4.69) is 10.0 Å². The molecule has 0 bridgehead atoms. The first-order chi connectivity index (χ1) is 8.61. The van der Waals surface area contributed by atoms with E-state index < -0.39 is 15.6 Å². The van der Waals surface area contributed by atoms with Gasteiger partial charge in [-0.05, 0) is 26.8 Å². The van der Waals surface area contributed by atoms with Gasteiger partial charge in [-0.15, -0.1) is 0 Å². The first kappa shape index (κ1) is 15.9. The Kier molecular flexibility index (Phi) is 4.95. The molecule has 1 aromatic rings. The molecule has 108 valence electrons. The topological polar surface area (TPSA) is 78.4 Å². The largest absolute Gasteiger partial charge is 0.508 e. The molecule has 19 heavy (non-hydrogen) atoms. The molecule has 5 nitrogen and oxygen atoms in total. The lowest BCUT2D eigenvalue weighted by Gasteiger charge is -2.27. The minimum absolute atomic E-state index is 0.0677. The zero-order valence-corrected chi connectivity index (χ0v) is 12.6. The van der Waals surface area contributed by atoms with E-state index in [1.807, 2.05) is 19.1 Å². The van der Waals surface area contributed by atoms with E-state index in [1.165, 1.54) is 0 Å². The molecule has 0 spiro atoms. The molecule has 0 aliphatic rings. The first-order valence-electron chi connectivity index (χ1n) is 6.11. The normalized spacial score (nSPS) is 14.3. The lowest BCUT2D eigenvalue weighted by Crippen LogP contribution is -2.50. The van der Waals surface area contributed by atoms with Crippen LogP contribution in [0.3, 0.4) is 0 Å². The Morgan fingerprint density at radius 3 is 2.42 bits per heavy atom. The van der Waals surface area contributed by atoms with Crippen LogP contribution < -0.4 is 10.0 Å². The minimum Gasteiger partial charge on any atom is -0.508 e. The zero-order valence-electron chi connectivity index (χ0n) is 11.8. The van der Waals surface area contributed by atoms with E-state index >= 15 is 0 Å². The van der Waals surface area contributed by atoms with Crippen LogP contribution in [0, 0.1) is 0 Å². The van der Waals surface area contributed by atoms with Crippen molar-refractivity contribution in [2.45, 2.75) is 32.4 Å². The lowest BCUT2D eigenvalue weighted by molar-refractivity contribution is 0.391. The van der Waals surface area contributed by atoms with Crippen molar-refractivity contribution in [1.29, 1.82) is 0 Å². The lowest BCUT2D eigenvalue weighted by atomic mass is 10.0. The summed E-state index contributed by atoms with van der Waals surface area (Å²) in [6.45, 7) is 5.98. The van der Waals surface area contributed by atoms with Gasteiger partial charge < -0.3 is 10.4 Å². The van der Waals surface area contributed by atoms with Gasteiger partial charge in [-0.25, -0.2) is 13.1 Å². The third-order valence-corrected chi connectivity index (χ3v) is 3.64. The number of aromatic hydroxyl groups is 1. The Bertz CT molecular complexity index is 526. The predicted octanol–water partition coefficient (Wildman–Crippen LogP) is 1.37. The molecule has 0 aliphatic carbocycles. The maximum atomic E-state index is 11.2. The first-order valence-corrected chi connectivity index (χ1v) is 8.00. The highest BCUT2D eigenvalue weighted by atomic mass is 32.2. The van der Waals surface area contributed by atoms with Gasteiger partial charge in [0, 0.05) is 23.7 Å². The fourth-order valence-corrected chi connectivity index (χ4v) is 2.99. The highest BCUT2D eigenvalue weighted by Crippen LogP contribution is 2.23. The highest BCUT2D eigenvalue weighted by Gasteiger charge is 2.23. The second-order valence-corrected chi connectivity index (χ2v) is 7.17. The van der Waals surface area contributed by atoms with Crippen LogP contribution in [0.15, 0.2) is 24.3 Å². The number of phenolic OH excluding ortho intramolecular Hbond substituents is 1. The van der Waals surface area contributed by atoms with Crippen molar-refractivity contribution >= 4 is 10.0 Å². The minimum atomic E-state index is -3.24. The second kappa shape index (κ2) is 5.90. The van der Waals surface area contributed by atoms with Crippen molar-refractivity contribution in [2.24, 2.45) is 0 Å². The van der Waals surface area contributed by atoms with Crippen molar-refractivity contribution in [3.05, 3.63) is 29.8 Å². The molecule has 0 saturated heterocycles. The van der Waals surface area contributed by atoms with Crippen LogP contribution in [-0.2, 0) is 10.0 Å². The molecule has 0 radical (unpaired) electrons. The number of benzene rings is 1. The summed E-state index contributed by atoms with van der Waals surface area (Å²) < 4.78 is 25.0. The molecule has 0 amide bonds. The van der Waals surface area contributed by atoms with Gasteiger partial charge in [0.2, 0.25) is 10.0 Å². The number of rotatable bonds is 6. The van der Waals surface area contributed by atoms with Crippen LogP contribution >= 0.6 is 0 Å². The van der Waals surface area contributed by atoms with Gasteiger partial charge in [0.05, 0.1) is 6.26 Å². The van der Waals surface area contributed by atoms with Crippen molar-refractivity contribution in [3.63, 3.8) is 0 Å². The van der Waals surface area contributed by atoms with Gasteiger partial charge in [0.1, 0.15) is 5.75 Å². The van der Waals surface area contributed by atoms with Crippen LogP contribution in [0.2, 0.25) is 0 Å². The fraction of sp³-hybridized carbons (Fsp3) is 0.538. The van der Waals surface area contributed by atoms with Crippen molar-refractivity contribution < 1.29 is 13.5 Å². The Morgan fingerprint density at radius 2 is 1.89 bits per heavy atom. The molecule has 0 aliphatic heterocycles. The molecule has 0 saturated carbocycles. The smallest absolute Gasteiger partial charge is 0.209 e. The summed E-state index contributed by atoms with van der Waals surface area (Å²) in [6.07, 6.45) is 1.14. The van der Waals surface area contributed by atoms with Crippen LogP contribution in [0.5, 0.6) is 5.75 Å². The fourth-order valence-electron chi connectivity index (χ4n) is 1.91. The van der Waals surface area contributed by atoms with Gasteiger partial charge in [0.25, 0.3) is 0 Å². The molecule has 3 N–H and O–H groups in total. The van der Waals surface area contributed by atoms with Crippen molar-refractivity contribution in [1.82, 2.24) is 10.0 Å². The number of para-hydroxylation sites is 1. The summed E-state index contributed by atoms with van der Waals surface area (Å²) in [6, 6.07) is 7.02. The summed E-state index contributed by atoms with van der Waals surface area (Å²) in [7, 11) is -3.24. The van der Waals surface area contributed by atoms with Crippen LogP contribution in [0.1, 0.15) is 32.4 Å². The molecule has 0 heterocycles. The number of hydrogen-bond acceptors (Lipinski definition) is 4. The molecule has 1 atom stereocenters. The standard InChI is InChI=1S/C13H22N2O3S/c1-10(11-7-5-6-8-12(11)16)14-9-13(2,3)15-19(4,17)18/h5-8,10,14-16H,9H2,1-4H3. The monoisotopic (exact) mass is 286 g/mol. The SMILES string of the molecule is CC(NCC(C)(C)NS(C)(=O)=O)c1ccccc1O. The van der Waals surface area contributed by atoms with Gasteiger partial charge in [-0.3, -0.25) is 0 Å². The number of sulfonamides is 1.